The molecule has 2 N–H and O–H groups in total. The van der Waals surface area contributed by atoms with E-state index in [9.17, 15) is 13.2 Å². The molecular weight excluding hydrogens is 424 g/mol. The smallest absolute Gasteiger partial charge is 0.286 e. The van der Waals surface area contributed by atoms with E-state index in [1.165, 1.54) is 17.2 Å². The molecule has 2 aliphatic heterocycles. The molecule has 7 nitrogen and oxygen atoms in total. The minimum Gasteiger partial charge on any atom is -0.355 e. The summed E-state index contributed by atoms with van der Waals surface area (Å²) in [6, 6.07) is 15.2. The number of carbonyl (C=O) groups excluding carboxylic acids is 1. The van der Waals surface area contributed by atoms with Crippen LogP contribution in [0.25, 0.3) is 0 Å². The second-order valence-corrected chi connectivity index (χ2v) is 10.9. The third-order valence-corrected chi connectivity index (χ3v) is 7.29. The first-order chi connectivity index (χ1) is 15.2. The van der Waals surface area contributed by atoms with Crippen molar-refractivity contribution < 1.29 is 13.2 Å². The third-order valence-electron chi connectivity index (χ3n) is 5.92. The molecule has 0 bridgehead atoms. The lowest BCUT2D eigenvalue weighted by Crippen LogP contribution is -2.39. The van der Waals surface area contributed by atoms with Crippen LogP contribution >= 0.6 is 0 Å². The van der Waals surface area contributed by atoms with E-state index in [1.54, 1.807) is 18.2 Å². The van der Waals surface area contributed by atoms with Crippen LogP contribution in [0.1, 0.15) is 37.8 Å². The van der Waals surface area contributed by atoms with Crippen molar-refractivity contribution in [2.45, 2.75) is 44.6 Å². The molecule has 170 valence electrons. The molecule has 0 saturated carbocycles. The predicted molar refractivity (Wildman–Crippen MR) is 126 cm³/mol. The van der Waals surface area contributed by atoms with Crippen molar-refractivity contribution >= 4 is 27.5 Å². The number of hydrogen-bond donors (Lipinski definition) is 2. The molecule has 0 atom stereocenters. The molecule has 2 aromatic carbocycles. The first-order valence-corrected chi connectivity index (χ1v) is 12.4. The maximum absolute atomic E-state index is 12.6. The van der Waals surface area contributed by atoms with Gasteiger partial charge in [-0.15, -0.1) is 4.40 Å². The maximum atomic E-state index is 12.6. The number of para-hydroxylation sites is 1. The highest BCUT2D eigenvalue weighted by Gasteiger charge is 2.30. The molecule has 2 aliphatic rings. The fourth-order valence-corrected chi connectivity index (χ4v) is 5.50. The van der Waals surface area contributed by atoms with Crippen LogP contribution in [0.15, 0.2) is 57.8 Å². The highest BCUT2D eigenvalue weighted by molar-refractivity contribution is 7.90. The Morgan fingerprint density at radius 1 is 1.12 bits per heavy atom. The largest absolute Gasteiger partial charge is 0.355 e. The van der Waals surface area contributed by atoms with Gasteiger partial charge >= 0.3 is 0 Å². The van der Waals surface area contributed by atoms with Crippen molar-refractivity contribution in [3.63, 3.8) is 0 Å². The first kappa shape index (κ1) is 22.5. The van der Waals surface area contributed by atoms with Gasteiger partial charge in [0.15, 0.2) is 0 Å². The summed E-state index contributed by atoms with van der Waals surface area (Å²) in [4.78, 5) is 15.1. The summed E-state index contributed by atoms with van der Waals surface area (Å²) in [6.45, 7) is 7.22. The van der Waals surface area contributed by atoms with E-state index in [2.05, 4.69) is 44.2 Å². The monoisotopic (exact) mass is 454 g/mol. The van der Waals surface area contributed by atoms with Gasteiger partial charge in [-0.25, -0.2) is 0 Å². The summed E-state index contributed by atoms with van der Waals surface area (Å²) in [7, 11) is -3.72. The minimum atomic E-state index is -3.72. The molecule has 0 unspecified atom stereocenters. The van der Waals surface area contributed by atoms with Crippen LogP contribution in [0.5, 0.6) is 0 Å². The molecule has 1 amide bonds. The van der Waals surface area contributed by atoms with Crippen molar-refractivity contribution in [2.24, 2.45) is 9.81 Å². The van der Waals surface area contributed by atoms with Gasteiger partial charge in [-0.2, -0.15) is 8.42 Å². The molecule has 0 spiro atoms. The van der Waals surface area contributed by atoms with Crippen LogP contribution in [0, 0.1) is 5.41 Å². The number of sulfonamides is 1. The molecule has 32 heavy (non-hydrogen) atoms. The van der Waals surface area contributed by atoms with E-state index in [0.717, 1.165) is 26.1 Å². The van der Waals surface area contributed by atoms with E-state index >= 15 is 0 Å². The fraction of sp³-hybridized carbons (Fsp3) is 0.417. The third kappa shape index (κ3) is 5.37. The van der Waals surface area contributed by atoms with Crippen LogP contribution in [0.3, 0.4) is 0 Å². The van der Waals surface area contributed by atoms with Crippen LogP contribution in [-0.4, -0.2) is 44.7 Å². The number of nitrogens with zero attached hydrogens (tertiary/aromatic N) is 2. The molecule has 8 heteroatoms. The zero-order valence-electron chi connectivity index (χ0n) is 18.6. The molecule has 0 saturated heterocycles. The topological polar surface area (TPSA) is 90.9 Å². The normalized spacial score (nSPS) is 17.5. The quantitative estimate of drug-likeness (QED) is 0.671. The summed E-state index contributed by atoms with van der Waals surface area (Å²) < 4.78 is 28.8. The van der Waals surface area contributed by atoms with Gasteiger partial charge in [-0.1, -0.05) is 50.2 Å². The van der Waals surface area contributed by atoms with Crippen molar-refractivity contribution in [3.8, 4) is 0 Å². The van der Waals surface area contributed by atoms with Gasteiger partial charge in [0.25, 0.3) is 10.0 Å². The van der Waals surface area contributed by atoms with Crippen LogP contribution in [0.4, 0.5) is 5.69 Å². The number of carbonyl (C=O) groups is 1. The molecule has 0 fully saturated rings. The summed E-state index contributed by atoms with van der Waals surface area (Å²) in [5.41, 5.74) is 2.87. The fourth-order valence-electron chi connectivity index (χ4n) is 4.36. The molecule has 2 heterocycles. The van der Waals surface area contributed by atoms with Crippen molar-refractivity contribution in [1.82, 2.24) is 10.2 Å². The number of benzene rings is 2. The zero-order valence-corrected chi connectivity index (χ0v) is 19.4. The van der Waals surface area contributed by atoms with E-state index < -0.39 is 15.4 Å². The Hall–Kier alpha value is -2.71. The molecular formula is C24H30N4O3S. The summed E-state index contributed by atoms with van der Waals surface area (Å²) in [5.74, 6) is 0.334. The van der Waals surface area contributed by atoms with E-state index in [-0.39, 0.29) is 17.2 Å². The lowest BCUT2D eigenvalue weighted by molar-refractivity contribution is -0.123. The van der Waals surface area contributed by atoms with Crippen molar-refractivity contribution in [1.29, 1.82) is 0 Å². The Labute approximate surface area is 190 Å². The highest BCUT2D eigenvalue weighted by atomic mass is 32.2. The predicted octanol–water partition coefficient (Wildman–Crippen LogP) is 3.18. The van der Waals surface area contributed by atoms with Gasteiger partial charge in [0.2, 0.25) is 5.91 Å². The standard InChI is InChI=1S/C24H30N4O3S/c1-24(2,15-22-26-20-9-5-6-10-21(20)32(30,31)27-22)16-23(29)25-12-14-28-13-11-18-7-3-4-8-19(18)17-28/h3-10H,11-17H2,1-2H3,(H,25,29)(H,26,27). The van der Waals surface area contributed by atoms with E-state index in [0.29, 0.717) is 24.5 Å². The lowest BCUT2D eigenvalue weighted by Gasteiger charge is -2.29. The molecule has 0 aromatic heterocycles. The SMILES string of the molecule is CC(C)(CC(=O)NCCN1CCc2ccccc2C1)CC1=NS(=O)(=O)c2ccccc2N1. The molecule has 0 radical (unpaired) electrons. The number of anilines is 1. The second kappa shape index (κ2) is 9.03. The first-order valence-electron chi connectivity index (χ1n) is 11.0. The zero-order chi connectivity index (χ0) is 22.8. The molecule has 2 aromatic rings. The Bertz CT molecular complexity index is 1140. The molecule has 4 rings (SSSR count). The van der Waals surface area contributed by atoms with Crippen LogP contribution < -0.4 is 10.6 Å². The van der Waals surface area contributed by atoms with Gasteiger partial charge in [-0.3, -0.25) is 9.69 Å². The van der Waals surface area contributed by atoms with Gasteiger partial charge < -0.3 is 10.6 Å². The van der Waals surface area contributed by atoms with Gasteiger partial charge in [0, 0.05) is 39.0 Å². The van der Waals surface area contributed by atoms with Gasteiger partial charge in [0.05, 0.1) is 5.69 Å². The second-order valence-electron chi connectivity index (χ2n) is 9.30. The number of amidine groups is 1. The average molecular weight is 455 g/mol. The Kier molecular flexibility index (Phi) is 6.35. The average Bonchev–Trinajstić information content (AvgIpc) is 2.72. The summed E-state index contributed by atoms with van der Waals surface area (Å²) in [6.07, 6.45) is 1.69. The summed E-state index contributed by atoms with van der Waals surface area (Å²) >= 11 is 0. The Balaban J connectivity index is 1.27. The molecule has 0 aliphatic carbocycles. The van der Waals surface area contributed by atoms with Crippen LogP contribution in [0.2, 0.25) is 0 Å². The van der Waals surface area contributed by atoms with E-state index in [4.69, 9.17) is 0 Å². The Morgan fingerprint density at radius 2 is 1.84 bits per heavy atom. The van der Waals surface area contributed by atoms with Crippen molar-refractivity contribution in [3.05, 3.63) is 59.7 Å². The minimum absolute atomic E-state index is 0.0351. The Morgan fingerprint density at radius 3 is 2.66 bits per heavy atom. The number of rotatable bonds is 7. The number of hydrogen-bond acceptors (Lipinski definition) is 5. The van der Waals surface area contributed by atoms with E-state index in [1.807, 2.05) is 13.8 Å². The highest BCUT2D eigenvalue weighted by Crippen LogP contribution is 2.32. The lowest BCUT2D eigenvalue weighted by atomic mass is 9.84. The van der Waals surface area contributed by atoms with Gasteiger partial charge in [-0.05, 0) is 35.1 Å². The van der Waals surface area contributed by atoms with Crippen molar-refractivity contribution in [2.75, 3.05) is 25.0 Å². The van der Waals surface area contributed by atoms with Gasteiger partial charge in [0.1, 0.15) is 10.7 Å². The maximum Gasteiger partial charge on any atom is 0.286 e. The summed E-state index contributed by atoms with van der Waals surface area (Å²) in [5, 5.41) is 6.13. The number of nitrogens with one attached hydrogen (secondary N) is 2. The number of amides is 1. The van der Waals surface area contributed by atoms with Crippen LogP contribution in [-0.2, 0) is 27.8 Å². The number of fused-ring (bicyclic) bond motifs is 2.